The number of rotatable bonds is 7. The van der Waals surface area contributed by atoms with E-state index in [4.69, 9.17) is 4.74 Å². The van der Waals surface area contributed by atoms with Crippen molar-refractivity contribution in [3.05, 3.63) is 59.7 Å². The zero-order valence-electron chi connectivity index (χ0n) is 14.2. The molecule has 0 amide bonds. The first-order chi connectivity index (χ1) is 12.2. The molecule has 0 atom stereocenters. The highest BCUT2D eigenvalue weighted by atomic mass is 35.5. The van der Waals surface area contributed by atoms with Crippen LogP contribution in [0.3, 0.4) is 0 Å². The quantitative estimate of drug-likeness (QED) is 0.370. The lowest BCUT2D eigenvalue weighted by Gasteiger charge is -2.00. The molecule has 1 N–H and O–H groups in total. The zero-order valence-corrected chi connectivity index (χ0v) is 15.9. The van der Waals surface area contributed by atoms with Crippen LogP contribution in [0.1, 0.15) is 29.3 Å². The lowest BCUT2D eigenvalue weighted by molar-refractivity contribution is -0.142. The van der Waals surface area contributed by atoms with Gasteiger partial charge >= 0.3 is 5.97 Å². The van der Waals surface area contributed by atoms with E-state index in [-0.39, 0.29) is 24.2 Å². The smallest absolute Gasteiger partial charge is 0.306 e. The van der Waals surface area contributed by atoms with Crippen molar-refractivity contribution in [3.8, 4) is 0 Å². The zero-order chi connectivity index (χ0) is 17.6. The minimum atomic E-state index is -0.207. The Bertz CT molecular complexity index is 896. The molecule has 1 aromatic heterocycles. The average molecular weight is 391 g/mol. The number of esters is 1. The number of hydrogen-bond donors (Lipinski definition) is 1. The SMILES string of the molecule is CCOC(=O)CCSc1nc2ccc(C(=O)c3ccccc3)cc2[nH]1.Cl. The van der Waals surface area contributed by atoms with Crippen molar-refractivity contribution in [1.82, 2.24) is 9.97 Å². The van der Waals surface area contributed by atoms with E-state index in [2.05, 4.69) is 9.97 Å². The molecule has 0 spiro atoms. The molecule has 0 saturated carbocycles. The minimum absolute atomic E-state index is 0. The third-order valence-corrected chi connectivity index (χ3v) is 4.48. The summed E-state index contributed by atoms with van der Waals surface area (Å²) in [5.41, 5.74) is 2.87. The van der Waals surface area contributed by atoms with Crippen molar-refractivity contribution in [1.29, 1.82) is 0 Å². The number of aromatic amines is 1. The van der Waals surface area contributed by atoms with Crippen LogP contribution in [-0.2, 0) is 9.53 Å². The van der Waals surface area contributed by atoms with Crippen LogP contribution in [0.15, 0.2) is 53.7 Å². The number of thioether (sulfide) groups is 1. The molecule has 7 heteroatoms. The summed E-state index contributed by atoms with van der Waals surface area (Å²) >= 11 is 1.46. The highest BCUT2D eigenvalue weighted by Crippen LogP contribution is 2.22. The van der Waals surface area contributed by atoms with Gasteiger partial charge in [0.05, 0.1) is 24.1 Å². The van der Waals surface area contributed by atoms with Crippen LogP contribution in [-0.4, -0.2) is 34.1 Å². The maximum atomic E-state index is 12.5. The number of hydrogen-bond acceptors (Lipinski definition) is 5. The number of fused-ring (bicyclic) bond motifs is 1. The van der Waals surface area contributed by atoms with Gasteiger partial charge in [0, 0.05) is 16.9 Å². The Morgan fingerprint density at radius 1 is 1.12 bits per heavy atom. The van der Waals surface area contributed by atoms with Gasteiger partial charge in [-0.05, 0) is 25.1 Å². The molecule has 26 heavy (non-hydrogen) atoms. The molecule has 0 fully saturated rings. The average Bonchev–Trinajstić information content (AvgIpc) is 3.04. The van der Waals surface area contributed by atoms with Crippen LogP contribution in [0, 0.1) is 0 Å². The Labute approximate surface area is 162 Å². The normalized spacial score (nSPS) is 10.3. The lowest BCUT2D eigenvalue weighted by atomic mass is 10.0. The molecule has 0 aliphatic carbocycles. The van der Waals surface area contributed by atoms with Gasteiger partial charge in [-0.2, -0.15) is 0 Å². The summed E-state index contributed by atoms with van der Waals surface area (Å²) in [5, 5.41) is 0.726. The summed E-state index contributed by atoms with van der Waals surface area (Å²) in [5.74, 6) is 0.365. The molecule has 136 valence electrons. The van der Waals surface area contributed by atoms with E-state index in [1.807, 2.05) is 30.3 Å². The summed E-state index contributed by atoms with van der Waals surface area (Å²) in [6.07, 6.45) is 0.341. The number of carbonyl (C=O) groups is 2. The third-order valence-electron chi connectivity index (χ3n) is 3.61. The van der Waals surface area contributed by atoms with Gasteiger partial charge in [0.25, 0.3) is 0 Å². The molecule has 0 radical (unpaired) electrons. The fourth-order valence-electron chi connectivity index (χ4n) is 2.42. The fourth-order valence-corrected chi connectivity index (χ4v) is 3.22. The van der Waals surface area contributed by atoms with E-state index in [1.54, 1.807) is 25.1 Å². The maximum Gasteiger partial charge on any atom is 0.306 e. The fraction of sp³-hybridized carbons (Fsp3) is 0.211. The molecule has 3 rings (SSSR count). The van der Waals surface area contributed by atoms with Crippen molar-refractivity contribution >= 4 is 47.0 Å². The monoisotopic (exact) mass is 390 g/mol. The van der Waals surface area contributed by atoms with Crippen molar-refractivity contribution in [2.75, 3.05) is 12.4 Å². The van der Waals surface area contributed by atoms with E-state index in [0.717, 1.165) is 16.2 Å². The summed E-state index contributed by atoms with van der Waals surface area (Å²) in [4.78, 5) is 31.5. The van der Waals surface area contributed by atoms with Crippen LogP contribution < -0.4 is 0 Å². The number of ether oxygens (including phenoxy) is 1. The topological polar surface area (TPSA) is 72.0 Å². The second-order valence-electron chi connectivity index (χ2n) is 5.37. The summed E-state index contributed by atoms with van der Waals surface area (Å²) in [6, 6.07) is 14.6. The molecule has 0 aliphatic heterocycles. The number of carbonyl (C=O) groups excluding carboxylic acids is 2. The molecule has 5 nitrogen and oxygen atoms in total. The van der Waals surface area contributed by atoms with E-state index in [0.29, 0.717) is 29.9 Å². The van der Waals surface area contributed by atoms with Crippen LogP contribution in [0.25, 0.3) is 11.0 Å². The highest BCUT2D eigenvalue weighted by Gasteiger charge is 2.11. The number of halogens is 1. The Hall–Kier alpha value is -2.31. The van der Waals surface area contributed by atoms with Gasteiger partial charge in [-0.25, -0.2) is 4.98 Å². The van der Waals surface area contributed by atoms with E-state index in [9.17, 15) is 9.59 Å². The predicted octanol–water partition coefficient (Wildman–Crippen LogP) is 4.26. The summed E-state index contributed by atoms with van der Waals surface area (Å²) in [7, 11) is 0. The number of nitrogens with one attached hydrogen (secondary N) is 1. The Morgan fingerprint density at radius 2 is 1.88 bits per heavy atom. The third kappa shape index (κ3) is 4.86. The first-order valence-electron chi connectivity index (χ1n) is 8.05. The Morgan fingerprint density at radius 3 is 2.62 bits per heavy atom. The van der Waals surface area contributed by atoms with Crippen molar-refractivity contribution < 1.29 is 14.3 Å². The summed E-state index contributed by atoms with van der Waals surface area (Å²) < 4.78 is 4.90. The number of H-pyrrole nitrogens is 1. The van der Waals surface area contributed by atoms with E-state index < -0.39 is 0 Å². The number of nitrogens with zero attached hydrogens (tertiary/aromatic N) is 1. The Balaban J connectivity index is 0.00000243. The van der Waals surface area contributed by atoms with Crippen molar-refractivity contribution in [3.63, 3.8) is 0 Å². The van der Waals surface area contributed by atoms with Gasteiger partial charge in [-0.15, -0.1) is 12.4 Å². The van der Waals surface area contributed by atoms with Crippen molar-refractivity contribution in [2.45, 2.75) is 18.5 Å². The first kappa shape index (κ1) is 20.0. The molecule has 0 unspecified atom stereocenters. The van der Waals surface area contributed by atoms with Crippen molar-refractivity contribution in [2.24, 2.45) is 0 Å². The van der Waals surface area contributed by atoms with Gasteiger partial charge in [0.15, 0.2) is 10.9 Å². The number of aromatic nitrogens is 2. The summed E-state index contributed by atoms with van der Waals surface area (Å²) in [6.45, 7) is 2.19. The molecule has 3 aromatic rings. The van der Waals surface area contributed by atoms with Gasteiger partial charge in [-0.1, -0.05) is 42.1 Å². The number of benzene rings is 2. The molecular weight excluding hydrogens is 372 g/mol. The first-order valence-corrected chi connectivity index (χ1v) is 9.04. The van der Waals surface area contributed by atoms with Crippen LogP contribution in [0.4, 0.5) is 0 Å². The van der Waals surface area contributed by atoms with Gasteiger partial charge in [0.1, 0.15) is 0 Å². The van der Waals surface area contributed by atoms with Gasteiger partial charge in [0.2, 0.25) is 0 Å². The predicted molar refractivity (Wildman–Crippen MR) is 105 cm³/mol. The van der Waals surface area contributed by atoms with E-state index >= 15 is 0 Å². The maximum absolute atomic E-state index is 12.5. The number of imidazole rings is 1. The second-order valence-corrected chi connectivity index (χ2v) is 6.46. The molecule has 1 heterocycles. The standard InChI is InChI=1S/C19H18N2O3S.ClH/c1-2-24-17(22)10-11-25-19-20-15-9-8-14(12-16(15)21-19)18(23)13-6-4-3-5-7-13;/h3-9,12H,2,10-11H2,1H3,(H,20,21);1H. The molecule has 2 aromatic carbocycles. The van der Waals surface area contributed by atoms with Crippen LogP contribution in [0.5, 0.6) is 0 Å². The van der Waals surface area contributed by atoms with E-state index in [1.165, 1.54) is 11.8 Å². The molecular formula is C19H19ClN2O3S. The highest BCUT2D eigenvalue weighted by molar-refractivity contribution is 7.99. The van der Waals surface area contributed by atoms with Gasteiger partial charge < -0.3 is 9.72 Å². The van der Waals surface area contributed by atoms with Crippen LogP contribution in [0.2, 0.25) is 0 Å². The second kappa shape index (κ2) is 9.40. The minimum Gasteiger partial charge on any atom is -0.466 e. The lowest BCUT2D eigenvalue weighted by Crippen LogP contribution is -2.04. The largest absolute Gasteiger partial charge is 0.466 e. The number of ketones is 1. The Kier molecular flexibility index (Phi) is 7.24. The van der Waals surface area contributed by atoms with Crippen LogP contribution >= 0.6 is 24.2 Å². The molecule has 0 bridgehead atoms. The molecule has 0 saturated heterocycles. The molecule has 0 aliphatic rings. The van der Waals surface area contributed by atoms with Gasteiger partial charge in [-0.3, -0.25) is 9.59 Å².